The van der Waals surface area contributed by atoms with Crippen LogP contribution in [0.5, 0.6) is 0 Å². The van der Waals surface area contributed by atoms with Gasteiger partial charge in [-0.15, -0.1) is 0 Å². The molecule has 1 N–H and O–H groups in total. The maximum atomic E-state index is 11.7. The van der Waals surface area contributed by atoms with Crippen LogP contribution in [0.15, 0.2) is 16.6 Å². The van der Waals surface area contributed by atoms with Crippen LogP contribution in [0.4, 0.5) is 11.4 Å². The second-order valence-corrected chi connectivity index (χ2v) is 7.78. The molecule has 2 aliphatic heterocycles. The van der Waals surface area contributed by atoms with Crippen molar-refractivity contribution >= 4 is 39.0 Å². The fourth-order valence-corrected chi connectivity index (χ4v) is 3.68. The second kappa shape index (κ2) is 4.83. The van der Waals surface area contributed by atoms with Gasteiger partial charge in [-0.3, -0.25) is 9.59 Å². The Morgan fingerprint density at radius 1 is 1.29 bits per heavy atom. The number of fused-ring (bicyclic) bond motifs is 1. The Morgan fingerprint density at radius 3 is 2.62 bits per heavy atom. The number of nitrogens with one attached hydrogen (secondary N) is 1. The third kappa shape index (κ3) is 2.48. The molecule has 1 saturated heterocycles. The predicted octanol–water partition coefficient (Wildman–Crippen LogP) is 3.46. The van der Waals surface area contributed by atoms with Crippen molar-refractivity contribution in [1.29, 1.82) is 0 Å². The SMILES string of the molecule is CC(C)(C)C1CCN(c2cc3c(cc2Br)C(=O)C(=O)N3)C1. The predicted molar refractivity (Wildman–Crippen MR) is 86.9 cm³/mol. The van der Waals surface area contributed by atoms with E-state index in [-0.39, 0.29) is 0 Å². The number of carbonyl (C=O) groups is 2. The largest absolute Gasteiger partial charge is 0.370 e. The lowest BCUT2D eigenvalue weighted by molar-refractivity contribution is -0.112. The highest BCUT2D eigenvalue weighted by molar-refractivity contribution is 9.10. The van der Waals surface area contributed by atoms with Gasteiger partial charge in [-0.05, 0) is 45.8 Å². The fraction of sp³-hybridized carbons (Fsp3) is 0.500. The Labute approximate surface area is 133 Å². The van der Waals surface area contributed by atoms with E-state index in [9.17, 15) is 9.59 Å². The Morgan fingerprint density at radius 2 is 2.00 bits per heavy atom. The number of amides is 1. The van der Waals surface area contributed by atoms with E-state index in [2.05, 4.69) is 46.9 Å². The third-order valence-corrected chi connectivity index (χ3v) is 5.17. The highest BCUT2D eigenvalue weighted by atomic mass is 79.9. The molecule has 3 rings (SSSR count). The molecule has 2 aliphatic rings. The highest BCUT2D eigenvalue weighted by Crippen LogP contribution is 2.40. The molecule has 1 amide bonds. The molecule has 0 aliphatic carbocycles. The normalized spacial score (nSPS) is 21.7. The lowest BCUT2D eigenvalue weighted by atomic mass is 9.80. The zero-order valence-electron chi connectivity index (χ0n) is 12.5. The van der Waals surface area contributed by atoms with E-state index < -0.39 is 11.7 Å². The van der Waals surface area contributed by atoms with Crippen LogP contribution in [0.3, 0.4) is 0 Å². The average molecular weight is 351 g/mol. The minimum atomic E-state index is -0.539. The number of hydrogen-bond acceptors (Lipinski definition) is 3. The maximum absolute atomic E-state index is 11.7. The lowest BCUT2D eigenvalue weighted by Gasteiger charge is -2.28. The minimum absolute atomic E-state index is 0.294. The summed E-state index contributed by atoms with van der Waals surface area (Å²) in [6, 6.07) is 3.67. The average Bonchev–Trinajstić information content (AvgIpc) is 2.96. The first-order valence-electron chi connectivity index (χ1n) is 7.21. The molecule has 1 unspecified atom stereocenters. The number of Topliss-reactive ketones (excluding diaryl/α,β-unsaturated/α-hetero) is 1. The molecule has 1 aromatic rings. The summed E-state index contributed by atoms with van der Waals surface area (Å²) >= 11 is 3.54. The van der Waals surface area contributed by atoms with E-state index in [4.69, 9.17) is 0 Å². The van der Waals surface area contributed by atoms with Crippen molar-refractivity contribution in [3.05, 3.63) is 22.2 Å². The molecule has 1 atom stereocenters. The number of anilines is 2. The summed E-state index contributed by atoms with van der Waals surface area (Å²) in [6.07, 6.45) is 1.16. The number of rotatable bonds is 1. The van der Waals surface area contributed by atoms with E-state index in [1.807, 2.05) is 6.07 Å². The van der Waals surface area contributed by atoms with Crippen LogP contribution in [-0.2, 0) is 4.79 Å². The fourth-order valence-electron chi connectivity index (χ4n) is 3.08. The molecular formula is C16H19BrN2O2. The molecule has 0 aromatic heterocycles. The topological polar surface area (TPSA) is 49.4 Å². The molecule has 2 heterocycles. The number of ketones is 1. The molecule has 112 valence electrons. The van der Waals surface area contributed by atoms with Crippen LogP contribution in [0, 0.1) is 11.3 Å². The van der Waals surface area contributed by atoms with Gasteiger partial charge >= 0.3 is 0 Å². The summed E-state index contributed by atoms with van der Waals surface area (Å²) in [4.78, 5) is 25.5. The first-order valence-corrected chi connectivity index (χ1v) is 8.01. The van der Waals surface area contributed by atoms with Crippen molar-refractivity contribution in [1.82, 2.24) is 0 Å². The summed E-state index contributed by atoms with van der Waals surface area (Å²) in [5.41, 5.74) is 2.43. The van der Waals surface area contributed by atoms with Crippen molar-refractivity contribution < 1.29 is 9.59 Å². The number of hydrogen-bond donors (Lipinski definition) is 1. The van der Waals surface area contributed by atoms with Crippen LogP contribution in [-0.4, -0.2) is 24.8 Å². The van der Waals surface area contributed by atoms with E-state index in [0.717, 1.165) is 29.7 Å². The molecule has 0 spiro atoms. The number of nitrogens with zero attached hydrogens (tertiary/aromatic N) is 1. The smallest absolute Gasteiger partial charge is 0.296 e. The Bertz CT molecular complexity index is 634. The first-order chi connectivity index (χ1) is 9.77. The van der Waals surface area contributed by atoms with Gasteiger partial charge in [0, 0.05) is 17.6 Å². The second-order valence-electron chi connectivity index (χ2n) is 6.93. The molecule has 0 radical (unpaired) electrons. The van der Waals surface area contributed by atoms with Crippen LogP contribution in [0.25, 0.3) is 0 Å². The van der Waals surface area contributed by atoms with Gasteiger partial charge in [0.1, 0.15) is 0 Å². The monoisotopic (exact) mass is 350 g/mol. The molecule has 21 heavy (non-hydrogen) atoms. The Balaban J connectivity index is 1.90. The van der Waals surface area contributed by atoms with Gasteiger partial charge in [-0.25, -0.2) is 0 Å². The summed E-state index contributed by atoms with van der Waals surface area (Å²) in [7, 11) is 0. The van der Waals surface area contributed by atoms with E-state index in [1.165, 1.54) is 0 Å². The summed E-state index contributed by atoms with van der Waals surface area (Å²) in [5.74, 6) is -0.344. The van der Waals surface area contributed by atoms with Crippen LogP contribution in [0.1, 0.15) is 37.6 Å². The van der Waals surface area contributed by atoms with Crippen molar-refractivity contribution in [3.63, 3.8) is 0 Å². The Hall–Kier alpha value is -1.36. The standard InChI is InChI=1S/C16H19BrN2O2/c1-16(2,3)9-4-5-19(8-9)13-7-12-10(6-11(13)17)14(20)15(21)18-12/h6-7,9H,4-5,8H2,1-3H3,(H,18,20,21). The van der Waals surface area contributed by atoms with Gasteiger partial charge in [0.25, 0.3) is 11.7 Å². The third-order valence-electron chi connectivity index (χ3n) is 4.54. The maximum Gasteiger partial charge on any atom is 0.296 e. The highest BCUT2D eigenvalue weighted by Gasteiger charge is 2.34. The molecule has 5 heteroatoms. The molecule has 1 aromatic carbocycles. The van der Waals surface area contributed by atoms with Crippen LogP contribution in [0.2, 0.25) is 0 Å². The van der Waals surface area contributed by atoms with Crippen LogP contribution >= 0.6 is 15.9 Å². The Kier molecular flexibility index (Phi) is 3.35. The zero-order chi connectivity index (χ0) is 15.4. The van der Waals surface area contributed by atoms with Gasteiger partial charge in [0.15, 0.2) is 0 Å². The minimum Gasteiger partial charge on any atom is -0.370 e. The van der Waals surface area contributed by atoms with Crippen LogP contribution < -0.4 is 10.2 Å². The van der Waals surface area contributed by atoms with Gasteiger partial charge in [-0.2, -0.15) is 0 Å². The van der Waals surface area contributed by atoms with Gasteiger partial charge < -0.3 is 10.2 Å². The van der Waals surface area contributed by atoms with Gasteiger partial charge in [0.05, 0.1) is 16.9 Å². The molecule has 4 nitrogen and oxygen atoms in total. The lowest BCUT2D eigenvalue weighted by Crippen LogP contribution is -2.26. The summed E-state index contributed by atoms with van der Waals surface area (Å²) in [5, 5.41) is 2.64. The van der Waals surface area contributed by atoms with Crippen molar-refractivity contribution in [2.24, 2.45) is 11.3 Å². The quantitative estimate of drug-likeness (QED) is 0.789. The summed E-state index contributed by atoms with van der Waals surface area (Å²) < 4.78 is 0.876. The number of halogens is 1. The van der Waals surface area contributed by atoms with E-state index in [0.29, 0.717) is 22.6 Å². The number of benzene rings is 1. The molecule has 1 fully saturated rings. The molecule has 0 saturated carbocycles. The molecular weight excluding hydrogens is 332 g/mol. The van der Waals surface area contributed by atoms with Gasteiger partial charge in [-0.1, -0.05) is 20.8 Å². The zero-order valence-corrected chi connectivity index (χ0v) is 14.1. The van der Waals surface area contributed by atoms with Gasteiger partial charge in [0.2, 0.25) is 0 Å². The summed E-state index contributed by atoms with van der Waals surface area (Å²) in [6.45, 7) is 8.83. The van der Waals surface area contributed by atoms with E-state index in [1.54, 1.807) is 6.07 Å². The number of carbonyl (C=O) groups excluding carboxylic acids is 2. The van der Waals surface area contributed by atoms with E-state index >= 15 is 0 Å². The van der Waals surface area contributed by atoms with Crippen molar-refractivity contribution in [3.8, 4) is 0 Å². The van der Waals surface area contributed by atoms with Crippen molar-refractivity contribution in [2.75, 3.05) is 23.3 Å². The first kappa shape index (κ1) is 14.6. The molecule has 0 bridgehead atoms. The van der Waals surface area contributed by atoms with Crippen molar-refractivity contribution in [2.45, 2.75) is 27.2 Å².